The lowest BCUT2D eigenvalue weighted by atomic mass is 10.1. The van der Waals surface area contributed by atoms with Crippen LogP contribution in [0.2, 0.25) is 0 Å². The van der Waals surface area contributed by atoms with Crippen LogP contribution in [-0.4, -0.2) is 44.3 Å². The van der Waals surface area contributed by atoms with Gasteiger partial charge >= 0.3 is 0 Å². The fourth-order valence-electron chi connectivity index (χ4n) is 4.27. The number of carbonyl (C=O) groups excluding carboxylic acids is 2. The number of para-hydroxylation sites is 1. The first kappa shape index (κ1) is 29.9. The van der Waals surface area contributed by atoms with Crippen molar-refractivity contribution in [3.8, 4) is 0 Å². The summed E-state index contributed by atoms with van der Waals surface area (Å²) in [5.41, 5.74) is 4.12. The van der Waals surface area contributed by atoms with Crippen molar-refractivity contribution < 1.29 is 18.0 Å². The maximum Gasteiger partial charge on any atom is 0.264 e. The summed E-state index contributed by atoms with van der Waals surface area (Å²) in [5, 5.41) is 2.86. The Morgan fingerprint density at radius 1 is 0.872 bits per heavy atom. The number of rotatable bonds is 12. The zero-order valence-electron chi connectivity index (χ0n) is 23.5. The first-order valence-electron chi connectivity index (χ1n) is 13.4. The largest absolute Gasteiger partial charge is 0.354 e. The molecule has 0 saturated carbocycles. The van der Waals surface area contributed by atoms with E-state index in [1.54, 1.807) is 43.3 Å². The van der Waals surface area contributed by atoms with Gasteiger partial charge in [0.1, 0.15) is 12.6 Å². The second kappa shape index (κ2) is 13.4. The molecule has 208 valence electrons. The Bertz CT molecular complexity index is 1370. The summed E-state index contributed by atoms with van der Waals surface area (Å²) in [6.45, 7) is 9.67. The van der Waals surface area contributed by atoms with E-state index >= 15 is 0 Å². The lowest BCUT2D eigenvalue weighted by Gasteiger charge is -2.32. The van der Waals surface area contributed by atoms with Gasteiger partial charge in [-0.1, -0.05) is 79.6 Å². The van der Waals surface area contributed by atoms with E-state index in [4.69, 9.17) is 0 Å². The predicted molar refractivity (Wildman–Crippen MR) is 156 cm³/mol. The third kappa shape index (κ3) is 7.47. The van der Waals surface area contributed by atoms with E-state index in [-0.39, 0.29) is 17.3 Å². The highest BCUT2D eigenvalue weighted by molar-refractivity contribution is 7.92. The minimum Gasteiger partial charge on any atom is -0.354 e. The summed E-state index contributed by atoms with van der Waals surface area (Å²) in [5.74, 6) is -0.740. The molecular formula is C31H39N3O4S. The number of hydrogen-bond acceptors (Lipinski definition) is 4. The Labute approximate surface area is 232 Å². The lowest BCUT2D eigenvalue weighted by molar-refractivity contribution is -0.139. The maximum atomic E-state index is 14.0. The predicted octanol–water partition coefficient (Wildman–Crippen LogP) is 5.00. The van der Waals surface area contributed by atoms with Crippen LogP contribution < -0.4 is 9.62 Å². The first-order valence-corrected chi connectivity index (χ1v) is 14.8. The molecule has 0 heterocycles. The molecule has 0 saturated heterocycles. The summed E-state index contributed by atoms with van der Waals surface area (Å²) in [7, 11) is -4.09. The molecule has 0 spiro atoms. The average molecular weight is 550 g/mol. The lowest BCUT2D eigenvalue weighted by Crippen LogP contribution is -2.51. The van der Waals surface area contributed by atoms with Crippen LogP contribution in [0.1, 0.15) is 49.4 Å². The molecule has 7 nitrogen and oxygen atoms in total. The number of anilines is 1. The van der Waals surface area contributed by atoms with Crippen LogP contribution in [0.4, 0.5) is 5.69 Å². The molecule has 2 amide bonds. The molecule has 3 aromatic carbocycles. The van der Waals surface area contributed by atoms with Gasteiger partial charge in [0.25, 0.3) is 10.0 Å². The molecule has 1 N–H and O–H groups in total. The van der Waals surface area contributed by atoms with Gasteiger partial charge in [0.15, 0.2) is 0 Å². The number of amides is 2. The Hall–Kier alpha value is -3.65. The number of nitrogens with one attached hydrogen (secondary N) is 1. The molecule has 0 radical (unpaired) electrons. The van der Waals surface area contributed by atoms with E-state index in [9.17, 15) is 18.0 Å². The van der Waals surface area contributed by atoms with Gasteiger partial charge in [-0.2, -0.15) is 0 Å². The zero-order valence-corrected chi connectivity index (χ0v) is 24.3. The van der Waals surface area contributed by atoms with Crippen molar-refractivity contribution >= 4 is 27.5 Å². The van der Waals surface area contributed by atoms with Crippen molar-refractivity contribution in [1.82, 2.24) is 10.2 Å². The number of nitrogens with zero attached hydrogens (tertiary/aromatic N) is 2. The molecule has 39 heavy (non-hydrogen) atoms. The maximum absolute atomic E-state index is 14.0. The Morgan fingerprint density at radius 3 is 2.05 bits per heavy atom. The van der Waals surface area contributed by atoms with E-state index in [1.165, 1.54) is 9.21 Å². The summed E-state index contributed by atoms with van der Waals surface area (Å²) in [4.78, 5) is 28.5. The number of hydrogen-bond donors (Lipinski definition) is 1. The van der Waals surface area contributed by atoms with Gasteiger partial charge in [-0.25, -0.2) is 8.42 Å². The molecule has 8 heteroatoms. The van der Waals surface area contributed by atoms with Crippen molar-refractivity contribution in [3.63, 3.8) is 0 Å². The van der Waals surface area contributed by atoms with Crippen LogP contribution in [0.15, 0.2) is 77.7 Å². The van der Waals surface area contributed by atoms with E-state index in [1.807, 2.05) is 64.1 Å². The molecule has 3 aromatic rings. The number of aryl methyl sites for hydroxylation is 3. The highest BCUT2D eigenvalue weighted by atomic mass is 32.2. The number of benzene rings is 3. The van der Waals surface area contributed by atoms with E-state index < -0.39 is 28.5 Å². The van der Waals surface area contributed by atoms with Crippen LogP contribution in [0.5, 0.6) is 0 Å². The van der Waals surface area contributed by atoms with Gasteiger partial charge in [-0.15, -0.1) is 0 Å². The summed E-state index contributed by atoms with van der Waals surface area (Å²) in [6, 6.07) is 20.7. The fourth-order valence-corrected chi connectivity index (χ4v) is 5.72. The summed E-state index contributed by atoms with van der Waals surface area (Å²) in [6.07, 6.45) is 1.36. The zero-order chi connectivity index (χ0) is 28.6. The van der Waals surface area contributed by atoms with Crippen molar-refractivity contribution in [2.75, 3.05) is 17.4 Å². The first-order chi connectivity index (χ1) is 18.6. The molecule has 0 aliphatic heterocycles. The van der Waals surface area contributed by atoms with Crippen LogP contribution in [0, 0.1) is 13.8 Å². The van der Waals surface area contributed by atoms with E-state index in [0.717, 1.165) is 28.7 Å². The smallest absolute Gasteiger partial charge is 0.264 e. The Morgan fingerprint density at radius 2 is 1.46 bits per heavy atom. The molecule has 0 aliphatic carbocycles. The summed E-state index contributed by atoms with van der Waals surface area (Å²) < 4.78 is 29.2. The molecule has 0 bridgehead atoms. The van der Waals surface area contributed by atoms with Crippen LogP contribution >= 0.6 is 0 Å². The minimum atomic E-state index is -4.09. The van der Waals surface area contributed by atoms with E-state index in [2.05, 4.69) is 5.32 Å². The second-order valence-electron chi connectivity index (χ2n) is 9.78. The van der Waals surface area contributed by atoms with Crippen LogP contribution in [0.3, 0.4) is 0 Å². The van der Waals surface area contributed by atoms with Crippen molar-refractivity contribution in [1.29, 1.82) is 0 Å². The molecule has 0 fully saturated rings. The van der Waals surface area contributed by atoms with Gasteiger partial charge in [-0.3, -0.25) is 13.9 Å². The number of sulfonamides is 1. The van der Waals surface area contributed by atoms with Gasteiger partial charge in [-0.05, 0) is 62.9 Å². The Kier molecular flexibility index (Phi) is 10.3. The number of carbonyl (C=O) groups is 2. The van der Waals surface area contributed by atoms with Crippen LogP contribution in [0.25, 0.3) is 0 Å². The van der Waals surface area contributed by atoms with Gasteiger partial charge in [0, 0.05) is 13.1 Å². The van der Waals surface area contributed by atoms with E-state index in [0.29, 0.717) is 18.7 Å². The Balaban J connectivity index is 2.05. The minimum absolute atomic E-state index is 0.102. The van der Waals surface area contributed by atoms with Gasteiger partial charge < -0.3 is 10.2 Å². The van der Waals surface area contributed by atoms with Gasteiger partial charge in [0.05, 0.1) is 10.6 Å². The van der Waals surface area contributed by atoms with Crippen molar-refractivity contribution in [2.24, 2.45) is 0 Å². The standard InChI is InChI=1S/C31H39N3O4S/c1-6-20-32-31(36)25(5)33(21-26-16-12-23(3)13-17-26)30(35)22-34(29-11-9-8-10-27(29)7-2)39(37,38)28-18-14-24(4)15-19-28/h8-19,25H,6-7,20-22H2,1-5H3,(H,32,36). The highest BCUT2D eigenvalue weighted by Crippen LogP contribution is 2.28. The molecule has 0 aromatic heterocycles. The normalized spacial score (nSPS) is 12.0. The SMILES string of the molecule is CCCNC(=O)C(C)N(Cc1ccc(C)cc1)C(=O)CN(c1ccccc1CC)S(=O)(=O)c1ccc(C)cc1. The topological polar surface area (TPSA) is 86.8 Å². The van der Waals surface area contributed by atoms with Crippen molar-refractivity contribution in [2.45, 2.75) is 64.9 Å². The van der Waals surface area contributed by atoms with Crippen molar-refractivity contribution in [3.05, 3.63) is 95.1 Å². The van der Waals surface area contributed by atoms with Crippen LogP contribution in [-0.2, 0) is 32.6 Å². The third-order valence-corrected chi connectivity index (χ3v) is 8.49. The molecule has 0 aliphatic rings. The highest BCUT2D eigenvalue weighted by Gasteiger charge is 2.33. The summed E-state index contributed by atoms with van der Waals surface area (Å²) >= 11 is 0. The molecule has 1 atom stereocenters. The molecule has 1 unspecified atom stereocenters. The monoisotopic (exact) mass is 549 g/mol. The van der Waals surface area contributed by atoms with Gasteiger partial charge in [0.2, 0.25) is 11.8 Å². The molecular weight excluding hydrogens is 510 g/mol. The molecule has 3 rings (SSSR count). The average Bonchev–Trinajstić information content (AvgIpc) is 2.93. The third-order valence-electron chi connectivity index (χ3n) is 6.72. The fraction of sp³-hybridized carbons (Fsp3) is 0.355. The second-order valence-corrected chi connectivity index (χ2v) is 11.6. The quantitative estimate of drug-likeness (QED) is 0.344.